The molecule has 0 saturated heterocycles. The zero-order valence-electron chi connectivity index (χ0n) is 7.36. The van der Waals surface area contributed by atoms with E-state index in [1.54, 1.807) is 0 Å². The average Bonchev–Trinajstić information content (AvgIpc) is 0. The summed E-state index contributed by atoms with van der Waals surface area (Å²) in [7, 11) is 0. The zero-order chi connectivity index (χ0) is 0. The monoisotopic (exact) mass is 104 g/mol. The molecule has 0 unspecified atom stereocenters. The molecule has 0 fully saturated rings. The molecule has 0 aromatic rings. The van der Waals surface area contributed by atoms with Gasteiger partial charge in [-0.2, -0.15) is 0 Å². The van der Waals surface area contributed by atoms with Crippen LogP contribution in [0.4, 0.5) is 0 Å². The van der Waals surface area contributed by atoms with Gasteiger partial charge in [-0.25, -0.2) is 0 Å². The van der Waals surface area contributed by atoms with Gasteiger partial charge in [0.25, 0.3) is 0 Å². The number of rotatable bonds is 0. The minimum absolute atomic E-state index is 0. The van der Waals surface area contributed by atoms with E-state index in [-0.39, 0.29) is 121 Å². The molecule has 19 valence electrons. The van der Waals surface area contributed by atoms with Crippen molar-refractivity contribution in [3.05, 3.63) is 0 Å². The van der Waals surface area contributed by atoms with Crippen LogP contribution >= 0.6 is 0 Å². The van der Waals surface area contributed by atoms with Crippen LogP contribution in [0.25, 0.3) is 0 Å². The van der Waals surface area contributed by atoms with Crippen LogP contribution < -0.4 is 0 Å². The molecule has 0 atom stereocenters. The maximum absolute atomic E-state index is 0. The van der Waals surface area contributed by atoms with Crippen molar-refractivity contribution in [3.8, 4) is 0 Å². The summed E-state index contributed by atoms with van der Waals surface area (Å²) in [5, 5.41) is 0. The van der Waals surface area contributed by atoms with E-state index >= 15 is 0 Å². The Morgan fingerprint density at radius 2 is 0.200 bits per heavy atom. The van der Waals surface area contributed by atoms with Crippen molar-refractivity contribution >= 4 is 121 Å². The first-order valence-corrected chi connectivity index (χ1v) is 0. The van der Waals surface area contributed by atoms with Crippen molar-refractivity contribution in [1.29, 1.82) is 0 Å². The molecule has 0 bridgehead atoms. The van der Waals surface area contributed by atoms with Gasteiger partial charge in [0, 0.05) is 121 Å². The Bertz CT molecular complexity index is 4.69. The Labute approximate surface area is 119 Å². The Balaban J connectivity index is 0. The fourth-order valence-electron chi connectivity index (χ4n) is 0. The van der Waals surface area contributed by atoms with Gasteiger partial charge < -0.3 is 0 Å². The normalized spacial score (nSPS) is 0. The molecule has 0 heterocycles. The van der Waals surface area contributed by atoms with E-state index in [1.165, 1.54) is 0 Å². The topological polar surface area (TPSA) is 0 Å². The third kappa shape index (κ3) is 150. The van der Waals surface area contributed by atoms with Crippen LogP contribution in [0.5, 0.6) is 0 Å². The molecule has 10 heavy (non-hydrogen) atoms. The van der Waals surface area contributed by atoms with Gasteiger partial charge in [-0.05, 0) is 0 Å². The molecule has 0 N–H and O–H groups in total. The first kappa shape index (κ1) is 262. The fraction of sp³-hybridized carbons (Fsp3) is 0. The standard InChI is InChI=1S/9Be.Na. The largest absolute Gasteiger partial charge is 0 e. The van der Waals surface area contributed by atoms with Crippen molar-refractivity contribution in [3.63, 3.8) is 0 Å². The van der Waals surface area contributed by atoms with Crippen LogP contribution in [0.15, 0.2) is 0 Å². The molecule has 19 radical (unpaired) electrons. The van der Waals surface area contributed by atoms with Crippen molar-refractivity contribution in [2.45, 2.75) is 0 Å². The van der Waals surface area contributed by atoms with E-state index < -0.39 is 0 Å². The molecule has 0 aliphatic rings. The van der Waals surface area contributed by atoms with Crippen LogP contribution in [0, 0.1) is 0 Å². The second-order valence-electron chi connectivity index (χ2n) is 0. The van der Waals surface area contributed by atoms with E-state index in [0.717, 1.165) is 0 Å². The van der Waals surface area contributed by atoms with Crippen molar-refractivity contribution in [1.82, 2.24) is 0 Å². The fourth-order valence-corrected chi connectivity index (χ4v) is 0. The van der Waals surface area contributed by atoms with Crippen LogP contribution in [0.3, 0.4) is 0 Å². The Kier molecular flexibility index (Phi) is 5260. The summed E-state index contributed by atoms with van der Waals surface area (Å²) >= 11 is 0. The van der Waals surface area contributed by atoms with Gasteiger partial charge in [-0.15, -0.1) is 0 Å². The van der Waals surface area contributed by atoms with Gasteiger partial charge in [-0.3, -0.25) is 0 Å². The summed E-state index contributed by atoms with van der Waals surface area (Å²) in [6, 6.07) is 0. The molecule has 0 saturated carbocycles. The minimum atomic E-state index is 0. The molecular weight excluding hydrogens is 104 g/mol. The van der Waals surface area contributed by atoms with E-state index in [2.05, 4.69) is 0 Å². The van der Waals surface area contributed by atoms with E-state index in [9.17, 15) is 0 Å². The van der Waals surface area contributed by atoms with Crippen LogP contribution in [-0.4, -0.2) is 121 Å². The second-order valence-corrected chi connectivity index (χ2v) is 0. The summed E-state index contributed by atoms with van der Waals surface area (Å²) in [5.41, 5.74) is 0. The summed E-state index contributed by atoms with van der Waals surface area (Å²) in [6.45, 7) is 0. The zero-order valence-corrected chi connectivity index (χ0v) is 9.36. The van der Waals surface area contributed by atoms with Gasteiger partial charge in [0.15, 0.2) is 0 Å². The maximum atomic E-state index is 0. The second kappa shape index (κ2) is 201. The molecule has 0 aliphatic carbocycles. The molecule has 10 heteroatoms. The average molecular weight is 104 g/mol. The Hall–Kier alpha value is 2.52. The van der Waals surface area contributed by atoms with Crippen molar-refractivity contribution in [2.24, 2.45) is 0 Å². The molecule has 0 aromatic carbocycles. The van der Waals surface area contributed by atoms with Crippen LogP contribution in [0.1, 0.15) is 0 Å². The summed E-state index contributed by atoms with van der Waals surface area (Å²) in [6.07, 6.45) is 0. The van der Waals surface area contributed by atoms with Gasteiger partial charge in [0.1, 0.15) is 0 Å². The van der Waals surface area contributed by atoms with Gasteiger partial charge in [0.2, 0.25) is 0 Å². The van der Waals surface area contributed by atoms with Crippen molar-refractivity contribution in [2.75, 3.05) is 0 Å². The Morgan fingerprint density at radius 3 is 0.200 bits per heavy atom. The van der Waals surface area contributed by atoms with Gasteiger partial charge >= 0.3 is 0 Å². The first-order valence-electron chi connectivity index (χ1n) is 0. The molecule has 0 amide bonds. The molecule has 0 aliphatic heterocycles. The maximum Gasteiger partial charge on any atom is 0 e. The van der Waals surface area contributed by atoms with E-state index in [0.29, 0.717) is 0 Å². The molecule has 0 spiro atoms. The predicted molar refractivity (Wildman–Crippen MR) is 57.5 cm³/mol. The van der Waals surface area contributed by atoms with E-state index in [4.69, 9.17) is 0 Å². The van der Waals surface area contributed by atoms with E-state index in [1.807, 2.05) is 0 Å². The Morgan fingerprint density at radius 1 is 0.200 bits per heavy atom. The third-order valence-corrected chi connectivity index (χ3v) is 0. The molecule has 0 rings (SSSR count). The SMILES string of the molecule is [Be].[Be].[Be].[Be].[Be].[Be].[Be].[Be].[Be].[Na]. The van der Waals surface area contributed by atoms with Gasteiger partial charge in [0.05, 0.1) is 0 Å². The van der Waals surface area contributed by atoms with Crippen LogP contribution in [0.2, 0.25) is 0 Å². The summed E-state index contributed by atoms with van der Waals surface area (Å²) in [4.78, 5) is 0. The number of hydrogen-bond acceptors (Lipinski definition) is 0. The molecule has 0 aromatic heterocycles. The van der Waals surface area contributed by atoms with Gasteiger partial charge in [-0.1, -0.05) is 0 Å². The minimum Gasteiger partial charge on any atom is 0 e. The molecular formula is Be9Na. The number of hydrogen-bond donors (Lipinski definition) is 0. The van der Waals surface area contributed by atoms with Crippen LogP contribution in [-0.2, 0) is 0 Å². The predicted octanol–water partition coefficient (Wildman–Crippen LogP) is -3.81. The van der Waals surface area contributed by atoms with Crippen molar-refractivity contribution < 1.29 is 0 Å². The molecule has 0 nitrogen and oxygen atoms in total. The smallest absolute Gasteiger partial charge is 0 e. The summed E-state index contributed by atoms with van der Waals surface area (Å²) < 4.78 is 0. The quantitative estimate of drug-likeness (QED) is 0.276. The summed E-state index contributed by atoms with van der Waals surface area (Å²) in [5.74, 6) is 0. The first-order chi connectivity index (χ1) is 0. The third-order valence-electron chi connectivity index (χ3n) is 0.